The van der Waals surface area contributed by atoms with E-state index in [0.717, 1.165) is 5.56 Å². The molecule has 1 aromatic carbocycles. The van der Waals surface area contributed by atoms with Gasteiger partial charge in [-0.3, -0.25) is 4.79 Å². The third-order valence-corrected chi connectivity index (χ3v) is 3.72. The number of hydrogen-bond donors (Lipinski definition) is 0. The molecule has 0 N–H and O–H groups in total. The number of ether oxygens (including phenoxy) is 2. The molecule has 1 aromatic rings. The Hall–Kier alpha value is -1.23. The first-order chi connectivity index (χ1) is 8.58. The molecule has 18 heavy (non-hydrogen) atoms. The standard InChI is InChI=1S/C13H17FO3S/c1-9(13(15)17-3)7-18-8-10-6-11(14)4-5-12(10)16-2/h4-6,9H,7-8H2,1-3H3. The summed E-state index contributed by atoms with van der Waals surface area (Å²) in [6, 6.07) is 4.42. The lowest BCUT2D eigenvalue weighted by atomic mass is 10.2. The summed E-state index contributed by atoms with van der Waals surface area (Å²) in [5, 5.41) is 0. The highest BCUT2D eigenvalue weighted by atomic mass is 32.2. The summed E-state index contributed by atoms with van der Waals surface area (Å²) in [4.78, 5) is 11.2. The van der Waals surface area contributed by atoms with Gasteiger partial charge in [0.2, 0.25) is 0 Å². The lowest BCUT2D eigenvalue weighted by Crippen LogP contribution is -2.14. The summed E-state index contributed by atoms with van der Waals surface area (Å²) in [6.07, 6.45) is 0. The molecule has 0 fully saturated rings. The number of thioether (sulfide) groups is 1. The van der Waals surface area contributed by atoms with Gasteiger partial charge in [0.15, 0.2) is 0 Å². The van der Waals surface area contributed by atoms with Crippen molar-refractivity contribution in [3.8, 4) is 5.75 Å². The van der Waals surface area contributed by atoms with Crippen molar-refractivity contribution in [3.05, 3.63) is 29.6 Å². The van der Waals surface area contributed by atoms with E-state index in [0.29, 0.717) is 17.3 Å². The van der Waals surface area contributed by atoms with E-state index in [9.17, 15) is 9.18 Å². The molecular weight excluding hydrogens is 255 g/mol. The molecule has 0 saturated heterocycles. The average molecular weight is 272 g/mol. The summed E-state index contributed by atoms with van der Waals surface area (Å²) in [6.45, 7) is 1.81. The molecule has 0 heterocycles. The first-order valence-corrected chi connectivity index (χ1v) is 6.72. The number of esters is 1. The van der Waals surface area contributed by atoms with Crippen LogP contribution in [0.3, 0.4) is 0 Å². The lowest BCUT2D eigenvalue weighted by molar-refractivity contribution is -0.143. The van der Waals surface area contributed by atoms with Gasteiger partial charge < -0.3 is 9.47 Å². The topological polar surface area (TPSA) is 35.5 Å². The largest absolute Gasteiger partial charge is 0.496 e. The Kier molecular flexibility index (Phi) is 5.98. The van der Waals surface area contributed by atoms with Crippen LogP contribution in [-0.2, 0) is 15.3 Å². The average Bonchev–Trinajstić information content (AvgIpc) is 2.38. The van der Waals surface area contributed by atoms with E-state index in [1.54, 1.807) is 24.9 Å². The van der Waals surface area contributed by atoms with E-state index in [4.69, 9.17) is 4.74 Å². The maximum absolute atomic E-state index is 13.1. The van der Waals surface area contributed by atoms with Crippen molar-refractivity contribution >= 4 is 17.7 Å². The Morgan fingerprint density at radius 1 is 1.44 bits per heavy atom. The van der Waals surface area contributed by atoms with Gasteiger partial charge in [0.1, 0.15) is 11.6 Å². The molecule has 100 valence electrons. The van der Waals surface area contributed by atoms with Crippen molar-refractivity contribution in [1.29, 1.82) is 0 Å². The first-order valence-electron chi connectivity index (χ1n) is 5.56. The third kappa shape index (κ3) is 4.22. The number of carbonyl (C=O) groups is 1. The van der Waals surface area contributed by atoms with Crippen LogP contribution in [-0.4, -0.2) is 25.9 Å². The summed E-state index contributed by atoms with van der Waals surface area (Å²) in [5.74, 6) is 1.21. The van der Waals surface area contributed by atoms with E-state index in [1.165, 1.54) is 19.2 Å². The number of benzene rings is 1. The normalized spacial score (nSPS) is 12.0. The van der Waals surface area contributed by atoms with Gasteiger partial charge in [-0.2, -0.15) is 11.8 Å². The predicted octanol–water partition coefficient (Wildman–Crippen LogP) is 2.88. The summed E-state index contributed by atoms with van der Waals surface area (Å²) < 4.78 is 22.9. The van der Waals surface area contributed by atoms with Crippen molar-refractivity contribution in [2.24, 2.45) is 5.92 Å². The minimum absolute atomic E-state index is 0.167. The monoisotopic (exact) mass is 272 g/mol. The van der Waals surface area contributed by atoms with E-state index in [2.05, 4.69) is 4.74 Å². The second kappa shape index (κ2) is 7.26. The lowest BCUT2D eigenvalue weighted by Gasteiger charge is -2.10. The molecule has 0 amide bonds. The minimum Gasteiger partial charge on any atom is -0.496 e. The Morgan fingerprint density at radius 2 is 2.17 bits per heavy atom. The molecule has 0 spiro atoms. The van der Waals surface area contributed by atoms with Crippen LogP contribution in [0.15, 0.2) is 18.2 Å². The molecule has 1 unspecified atom stereocenters. The zero-order valence-corrected chi connectivity index (χ0v) is 11.6. The fourth-order valence-corrected chi connectivity index (χ4v) is 2.53. The second-order valence-electron chi connectivity index (χ2n) is 3.90. The van der Waals surface area contributed by atoms with Gasteiger partial charge in [-0.25, -0.2) is 4.39 Å². The van der Waals surface area contributed by atoms with Gasteiger partial charge in [0.05, 0.1) is 20.1 Å². The highest BCUT2D eigenvalue weighted by Crippen LogP contribution is 2.25. The van der Waals surface area contributed by atoms with Gasteiger partial charge in [-0.15, -0.1) is 0 Å². The number of carbonyl (C=O) groups excluding carboxylic acids is 1. The van der Waals surface area contributed by atoms with Gasteiger partial charge in [0.25, 0.3) is 0 Å². The Bertz CT molecular complexity index is 409. The molecule has 0 aliphatic carbocycles. The quantitative estimate of drug-likeness (QED) is 0.746. The van der Waals surface area contributed by atoms with Gasteiger partial charge in [0, 0.05) is 17.1 Å². The van der Waals surface area contributed by atoms with Crippen LogP contribution in [0.4, 0.5) is 4.39 Å². The predicted molar refractivity (Wildman–Crippen MR) is 70.3 cm³/mol. The molecule has 1 rings (SSSR count). The Balaban J connectivity index is 2.53. The smallest absolute Gasteiger partial charge is 0.309 e. The van der Waals surface area contributed by atoms with Crippen LogP contribution >= 0.6 is 11.8 Å². The number of halogens is 1. The Morgan fingerprint density at radius 3 is 2.78 bits per heavy atom. The molecule has 1 atom stereocenters. The van der Waals surface area contributed by atoms with E-state index < -0.39 is 0 Å². The van der Waals surface area contributed by atoms with Crippen LogP contribution in [0.2, 0.25) is 0 Å². The van der Waals surface area contributed by atoms with Crippen molar-refractivity contribution in [2.75, 3.05) is 20.0 Å². The maximum Gasteiger partial charge on any atom is 0.309 e. The molecule has 0 aromatic heterocycles. The first kappa shape index (κ1) is 14.8. The molecule has 0 radical (unpaired) electrons. The maximum atomic E-state index is 13.1. The molecule has 0 aliphatic heterocycles. The van der Waals surface area contributed by atoms with Gasteiger partial charge in [-0.1, -0.05) is 6.92 Å². The van der Waals surface area contributed by atoms with Crippen molar-refractivity contribution < 1.29 is 18.7 Å². The molecule has 0 aliphatic rings. The molecule has 0 bridgehead atoms. The van der Waals surface area contributed by atoms with Crippen LogP contribution in [0.25, 0.3) is 0 Å². The Labute approximate surface area is 111 Å². The highest BCUT2D eigenvalue weighted by molar-refractivity contribution is 7.98. The van der Waals surface area contributed by atoms with Crippen molar-refractivity contribution in [3.63, 3.8) is 0 Å². The zero-order valence-electron chi connectivity index (χ0n) is 10.7. The third-order valence-electron chi connectivity index (χ3n) is 2.47. The van der Waals surface area contributed by atoms with Crippen molar-refractivity contribution in [2.45, 2.75) is 12.7 Å². The minimum atomic E-state index is -0.285. The number of rotatable bonds is 6. The summed E-state index contributed by atoms with van der Waals surface area (Å²) in [5.41, 5.74) is 0.791. The molecular formula is C13H17FO3S. The molecule has 5 heteroatoms. The molecule has 0 saturated carbocycles. The molecule has 3 nitrogen and oxygen atoms in total. The fourth-order valence-electron chi connectivity index (χ4n) is 1.47. The van der Waals surface area contributed by atoms with Crippen LogP contribution in [0.1, 0.15) is 12.5 Å². The van der Waals surface area contributed by atoms with E-state index >= 15 is 0 Å². The highest BCUT2D eigenvalue weighted by Gasteiger charge is 2.13. The van der Waals surface area contributed by atoms with Gasteiger partial charge >= 0.3 is 5.97 Å². The number of methoxy groups -OCH3 is 2. The summed E-state index contributed by atoms with van der Waals surface area (Å²) >= 11 is 1.55. The van der Waals surface area contributed by atoms with Crippen LogP contribution in [0, 0.1) is 11.7 Å². The summed E-state index contributed by atoms with van der Waals surface area (Å²) in [7, 11) is 2.93. The van der Waals surface area contributed by atoms with Crippen molar-refractivity contribution in [1.82, 2.24) is 0 Å². The van der Waals surface area contributed by atoms with Gasteiger partial charge in [-0.05, 0) is 18.2 Å². The SMILES string of the molecule is COC(=O)C(C)CSCc1cc(F)ccc1OC. The number of hydrogen-bond acceptors (Lipinski definition) is 4. The van der Waals surface area contributed by atoms with E-state index in [-0.39, 0.29) is 17.7 Å². The fraction of sp³-hybridized carbons (Fsp3) is 0.462. The van der Waals surface area contributed by atoms with Crippen LogP contribution in [0.5, 0.6) is 5.75 Å². The zero-order chi connectivity index (χ0) is 13.5. The van der Waals surface area contributed by atoms with Crippen LogP contribution < -0.4 is 4.74 Å². The second-order valence-corrected chi connectivity index (χ2v) is 4.93. The van der Waals surface area contributed by atoms with E-state index in [1.807, 2.05) is 6.92 Å².